The number of carbonyl (C=O) groups excluding carboxylic acids is 2. The van der Waals surface area contributed by atoms with Crippen LogP contribution in [-0.2, 0) is 9.53 Å². The maximum atomic E-state index is 13.2. The molecular weight excluding hydrogens is 386 g/mol. The predicted molar refractivity (Wildman–Crippen MR) is 111 cm³/mol. The molecular formula is C21H23N5O4. The molecule has 9 heteroatoms. The highest BCUT2D eigenvalue weighted by atomic mass is 16.5. The molecule has 1 aliphatic heterocycles. The summed E-state index contributed by atoms with van der Waals surface area (Å²) in [6, 6.07) is 6.62. The van der Waals surface area contributed by atoms with Crippen molar-refractivity contribution in [2.24, 2.45) is 5.41 Å². The molecule has 0 saturated heterocycles. The first-order chi connectivity index (χ1) is 14.1. The summed E-state index contributed by atoms with van der Waals surface area (Å²) in [4.78, 5) is 41.6. The average Bonchev–Trinajstić information content (AvgIpc) is 2.69. The first kappa shape index (κ1) is 19.7. The van der Waals surface area contributed by atoms with Crippen molar-refractivity contribution in [3.05, 3.63) is 62.6 Å². The van der Waals surface area contributed by atoms with E-state index in [1.165, 1.54) is 7.11 Å². The molecule has 4 rings (SSSR count). The third-order valence-electron chi connectivity index (χ3n) is 5.62. The Hall–Kier alpha value is -3.62. The number of methoxy groups -OCH3 is 1. The van der Waals surface area contributed by atoms with Gasteiger partial charge >= 0.3 is 5.97 Å². The van der Waals surface area contributed by atoms with Gasteiger partial charge in [0.1, 0.15) is 5.82 Å². The number of ether oxygens (including phenoxy) is 1. The van der Waals surface area contributed by atoms with Gasteiger partial charge in [-0.2, -0.15) is 4.98 Å². The molecule has 2 aliphatic rings. The van der Waals surface area contributed by atoms with E-state index in [-0.39, 0.29) is 22.7 Å². The molecule has 1 aromatic heterocycles. The molecule has 0 bridgehead atoms. The minimum absolute atomic E-state index is 0.0405. The number of esters is 1. The van der Waals surface area contributed by atoms with Crippen LogP contribution in [0.15, 0.2) is 40.3 Å². The fraction of sp³-hybridized carbons (Fsp3) is 0.333. The van der Waals surface area contributed by atoms with E-state index in [4.69, 9.17) is 16.3 Å². The number of nitrogens with zero attached hydrogens (tertiary/aromatic N) is 2. The first-order valence-electron chi connectivity index (χ1n) is 9.52. The second-order valence-electron chi connectivity index (χ2n) is 8.41. The summed E-state index contributed by atoms with van der Waals surface area (Å²) in [6.45, 7) is 4.03. The van der Waals surface area contributed by atoms with E-state index in [0.29, 0.717) is 35.4 Å². The number of aromatic nitrogens is 2. The average molecular weight is 409 g/mol. The van der Waals surface area contributed by atoms with Gasteiger partial charge in [0, 0.05) is 23.6 Å². The summed E-state index contributed by atoms with van der Waals surface area (Å²) in [7, 11) is 1.30. The van der Waals surface area contributed by atoms with Crippen LogP contribution in [-0.4, -0.2) is 28.5 Å². The van der Waals surface area contributed by atoms with Gasteiger partial charge < -0.3 is 21.6 Å². The van der Waals surface area contributed by atoms with E-state index < -0.39 is 17.4 Å². The van der Waals surface area contributed by atoms with Crippen molar-refractivity contribution in [3.8, 4) is 0 Å². The minimum Gasteiger partial charge on any atom is -0.465 e. The Kier molecular flexibility index (Phi) is 4.41. The molecule has 1 aromatic carbocycles. The van der Waals surface area contributed by atoms with Crippen LogP contribution in [0.1, 0.15) is 54.1 Å². The SMILES string of the molecule is COC(=O)c1ccc(C2C3=C(CC(C)(C)CC3=O)Nc3c2c(=O)nc(N)n3N)cc1. The molecule has 0 amide bonds. The Bertz CT molecular complexity index is 1160. The highest BCUT2D eigenvalue weighted by Gasteiger charge is 2.42. The van der Waals surface area contributed by atoms with E-state index in [1.807, 2.05) is 13.8 Å². The summed E-state index contributed by atoms with van der Waals surface area (Å²) >= 11 is 0. The van der Waals surface area contributed by atoms with E-state index >= 15 is 0 Å². The number of carbonyl (C=O) groups is 2. The summed E-state index contributed by atoms with van der Waals surface area (Å²) < 4.78 is 5.87. The highest BCUT2D eigenvalue weighted by Crippen LogP contribution is 2.47. The number of Topliss-reactive ketones (excluding diaryl/α,β-unsaturated/α-hetero) is 1. The monoisotopic (exact) mass is 409 g/mol. The molecule has 9 nitrogen and oxygen atoms in total. The second kappa shape index (κ2) is 6.72. The number of allylic oxidation sites excluding steroid dienone is 2. The zero-order chi connectivity index (χ0) is 21.8. The quantitative estimate of drug-likeness (QED) is 0.501. The summed E-state index contributed by atoms with van der Waals surface area (Å²) in [5, 5.41) is 3.18. The van der Waals surface area contributed by atoms with Crippen molar-refractivity contribution in [2.75, 3.05) is 24.0 Å². The normalized spacial score (nSPS) is 19.6. The number of anilines is 2. The number of hydrogen-bond acceptors (Lipinski definition) is 8. The predicted octanol–water partition coefficient (Wildman–Crippen LogP) is 1.53. The van der Waals surface area contributed by atoms with Gasteiger partial charge in [0.05, 0.1) is 18.2 Å². The zero-order valence-corrected chi connectivity index (χ0v) is 17.0. The third-order valence-corrected chi connectivity index (χ3v) is 5.62. The first-order valence-corrected chi connectivity index (χ1v) is 9.52. The van der Waals surface area contributed by atoms with Crippen molar-refractivity contribution in [3.63, 3.8) is 0 Å². The van der Waals surface area contributed by atoms with Crippen molar-refractivity contribution < 1.29 is 14.3 Å². The van der Waals surface area contributed by atoms with Crippen molar-refractivity contribution >= 4 is 23.5 Å². The number of benzene rings is 1. The molecule has 156 valence electrons. The number of rotatable bonds is 2. The topological polar surface area (TPSA) is 142 Å². The lowest BCUT2D eigenvalue weighted by Gasteiger charge is -2.39. The van der Waals surface area contributed by atoms with E-state index in [2.05, 4.69) is 10.3 Å². The Morgan fingerprint density at radius 2 is 1.90 bits per heavy atom. The zero-order valence-electron chi connectivity index (χ0n) is 17.0. The molecule has 0 fully saturated rings. The van der Waals surface area contributed by atoms with Crippen LogP contribution in [0.25, 0.3) is 0 Å². The van der Waals surface area contributed by atoms with Crippen LogP contribution in [0, 0.1) is 5.41 Å². The van der Waals surface area contributed by atoms with Gasteiger partial charge in [0.15, 0.2) is 5.78 Å². The molecule has 1 unspecified atom stereocenters. The summed E-state index contributed by atoms with van der Waals surface area (Å²) in [6.07, 6.45) is 0.972. The number of ketones is 1. The van der Waals surface area contributed by atoms with Gasteiger partial charge in [0.25, 0.3) is 5.56 Å². The molecule has 1 aliphatic carbocycles. The molecule has 0 radical (unpaired) electrons. The standard InChI is InChI=1S/C21H23N5O4/c1-21(2)8-12-15(13(27)9-21)14(10-4-6-11(7-5-10)19(29)30-3)16-17(24-12)26(23)20(22)25-18(16)28/h4-7,14,24H,8-9,23H2,1-3H3,(H2,22,25,28). The summed E-state index contributed by atoms with van der Waals surface area (Å²) in [5.74, 6) is 5.09. The molecule has 0 spiro atoms. The second-order valence-corrected chi connectivity index (χ2v) is 8.41. The smallest absolute Gasteiger partial charge is 0.337 e. The number of nitrogens with one attached hydrogen (secondary N) is 1. The number of hydrogen-bond donors (Lipinski definition) is 3. The lowest BCUT2D eigenvalue weighted by Crippen LogP contribution is -2.39. The minimum atomic E-state index is -0.665. The Morgan fingerprint density at radius 1 is 1.23 bits per heavy atom. The number of nitrogens with two attached hydrogens (primary N) is 2. The van der Waals surface area contributed by atoms with Gasteiger partial charge in [-0.05, 0) is 29.5 Å². The summed E-state index contributed by atoms with van der Waals surface area (Å²) in [5.41, 5.74) is 7.55. The Labute approximate surface area is 172 Å². The maximum absolute atomic E-state index is 13.2. The van der Waals surface area contributed by atoms with E-state index in [0.717, 1.165) is 10.4 Å². The lowest BCUT2D eigenvalue weighted by molar-refractivity contribution is -0.118. The highest BCUT2D eigenvalue weighted by molar-refractivity contribution is 6.01. The van der Waals surface area contributed by atoms with Crippen LogP contribution in [0.5, 0.6) is 0 Å². The van der Waals surface area contributed by atoms with Gasteiger partial charge in [-0.15, -0.1) is 0 Å². The lowest BCUT2D eigenvalue weighted by atomic mass is 9.69. The van der Waals surface area contributed by atoms with Crippen LogP contribution in [0.2, 0.25) is 0 Å². The van der Waals surface area contributed by atoms with Crippen molar-refractivity contribution in [2.45, 2.75) is 32.6 Å². The van der Waals surface area contributed by atoms with Crippen molar-refractivity contribution in [1.82, 2.24) is 9.66 Å². The molecule has 2 aromatic rings. The van der Waals surface area contributed by atoms with Gasteiger partial charge in [-0.1, -0.05) is 26.0 Å². The van der Waals surface area contributed by atoms with Crippen LogP contribution in [0.4, 0.5) is 11.8 Å². The van der Waals surface area contributed by atoms with E-state index in [9.17, 15) is 14.4 Å². The van der Waals surface area contributed by atoms with Crippen LogP contribution < -0.4 is 22.5 Å². The van der Waals surface area contributed by atoms with Crippen LogP contribution >= 0.6 is 0 Å². The van der Waals surface area contributed by atoms with E-state index in [1.54, 1.807) is 24.3 Å². The van der Waals surface area contributed by atoms with Crippen molar-refractivity contribution in [1.29, 1.82) is 0 Å². The maximum Gasteiger partial charge on any atom is 0.337 e. The fourth-order valence-corrected chi connectivity index (χ4v) is 4.28. The number of fused-ring (bicyclic) bond motifs is 1. The van der Waals surface area contributed by atoms with Gasteiger partial charge in [-0.25, -0.2) is 9.47 Å². The number of nitrogen functional groups attached to an aromatic ring is 2. The molecule has 1 atom stereocenters. The Morgan fingerprint density at radius 3 is 2.53 bits per heavy atom. The molecule has 5 N–H and O–H groups in total. The van der Waals surface area contributed by atoms with Crippen LogP contribution in [0.3, 0.4) is 0 Å². The fourth-order valence-electron chi connectivity index (χ4n) is 4.28. The Balaban J connectivity index is 1.96. The third kappa shape index (κ3) is 3.02. The molecule has 2 heterocycles. The molecule has 30 heavy (non-hydrogen) atoms. The largest absolute Gasteiger partial charge is 0.465 e. The molecule has 0 saturated carbocycles. The van der Waals surface area contributed by atoms with Gasteiger partial charge in [-0.3, -0.25) is 9.59 Å². The van der Waals surface area contributed by atoms with Gasteiger partial charge in [0.2, 0.25) is 5.95 Å².